The Bertz CT molecular complexity index is 993. The lowest BCUT2D eigenvalue weighted by atomic mass is 10.2. The van der Waals surface area contributed by atoms with Crippen LogP contribution < -0.4 is 5.32 Å². The molecule has 1 heterocycles. The van der Waals surface area contributed by atoms with E-state index >= 15 is 0 Å². The number of nitrogens with one attached hydrogen (secondary N) is 1. The minimum absolute atomic E-state index is 0.0821. The van der Waals surface area contributed by atoms with E-state index in [4.69, 9.17) is 16.3 Å². The molecular weight excluding hydrogens is 438 g/mol. The molecule has 2 amide bonds. The molecule has 0 radical (unpaired) electrons. The second-order valence-corrected chi connectivity index (χ2v) is 8.30. The number of rotatable bonds is 6. The molecule has 0 aromatic heterocycles. The van der Waals surface area contributed by atoms with Crippen LogP contribution in [0.15, 0.2) is 53.5 Å². The lowest BCUT2D eigenvalue weighted by molar-refractivity contribution is -0.130. The highest BCUT2D eigenvalue weighted by molar-refractivity contribution is 8.15. The number of hydrogen-bond acceptors (Lipinski definition) is 6. The van der Waals surface area contributed by atoms with Crippen LogP contribution in [-0.2, 0) is 20.9 Å². The van der Waals surface area contributed by atoms with Crippen LogP contribution in [0.1, 0.15) is 29.3 Å². The largest absolute Gasteiger partial charge is 0.462 e. The number of aliphatic imine (C=N–C) groups is 1. The third-order valence-electron chi connectivity index (χ3n) is 4.54. The van der Waals surface area contributed by atoms with Crippen LogP contribution >= 0.6 is 23.4 Å². The summed E-state index contributed by atoms with van der Waals surface area (Å²) >= 11 is 7.20. The molecular formula is C22H22ClN3O4S. The average molecular weight is 460 g/mol. The van der Waals surface area contributed by atoms with Gasteiger partial charge in [0.15, 0.2) is 5.17 Å². The normalized spacial score (nSPS) is 17.5. The van der Waals surface area contributed by atoms with Crippen molar-refractivity contribution in [2.75, 3.05) is 13.7 Å². The van der Waals surface area contributed by atoms with E-state index in [0.717, 1.165) is 5.56 Å². The molecule has 1 saturated heterocycles. The number of benzene rings is 2. The molecule has 31 heavy (non-hydrogen) atoms. The van der Waals surface area contributed by atoms with Crippen LogP contribution in [0.3, 0.4) is 0 Å². The number of nitrogens with zero attached hydrogens (tertiary/aromatic N) is 2. The fraction of sp³-hybridized carbons (Fsp3) is 0.273. The van der Waals surface area contributed by atoms with Gasteiger partial charge in [-0.05, 0) is 48.9 Å². The minimum Gasteiger partial charge on any atom is -0.462 e. The van der Waals surface area contributed by atoms with Crippen LogP contribution in [0.25, 0.3) is 0 Å². The molecule has 162 valence electrons. The second-order valence-electron chi connectivity index (χ2n) is 6.69. The van der Waals surface area contributed by atoms with Gasteiger partial charge in [-0.15, -0.1) is 0 Å². The highest BCUT2D eigenvalue weighted by Gasteiger charge is 2.35. The van der Waals surface area contributed by atoms with Gasteiger partial charge in [-0.1, -0.05) is 35.5 Å². The Morgan fingerprint density at radius 2 is 1.87 bits per heavy atom. The molecule has 2 aromatic rings. The topological polar surface area (TPSA) is 88.1 Å². The Morgan fingerprint density at radius 3 is 2.48 bits per heavy atom. The summed E-state index contributed by atoms with van der Waals surface area (Å²) in [5.41, 5.74) is 1.86. The van der Waals surface area contributed by atoms with Crippen molar-refractivity contribution in [2.45, 2.75) is 25.1 Å². The maximum absolute atomic E-state index is 12.9. The molecule has 1 aliphatic rings. The molecule has 1 fully saturated rings. The van der Waals surface area contributed by atoms with Crippen LogP contribution in [0, 0.1) is 0 Å². The molecule has 0 saturated carbocycles. The summed E-state index contributed by atoms with van der Waals surface area (Å²) in [5.74, 6) is -0.827. The van der Waals surface area contributed by atoms with E-state index in [-0.39, 0.29) is 18.2 Å². The summed E-state index contributed by atoms with van der Waals surface area (Å²) in [5, 5.41) is 3.06. The smallest absolute Gasteiger partial charge is 0.338 e. The number of amides is 2. The van der Waals surface area contributed by atoms with E-state index < -0.39 is 11.2 Å². The molecule has 7 nitrogen and oxygen atoms in total. The predicted molar refractivity (Wildman–Crippen MR) is 122 cm³/mol. The average Bonchev–Trinajstić information content (AvgIpc) is 2.77. The van der Waals surface area contributed by atoms with Crippen molar-refractivity contribution in [1.82, 2.24) is 10.2 Å². The van der Waals surface area contributed by atoms with Gasteiger partial charge in [0, 0.05) is 18.5 Å². The Kier molecular flexibility index (Phi) is 7.70. The molecule has 2 aromatic carbocycles. The van der Waals surface area contributed by atoms with Crippen molar-refractivity contribution in [3.63, 3.8) is 0 Å². The highest BCUT2D eigenvalue weighted by atomic mass is 35.5. The van der Waals surface area contributed by atoms with Gasteiger partial charge in [-0.3, -0.25) is 14.5 Å². The first-order chi connectivity index (χ1) is 14.9. The van der Waals surface area contributed by atoms with Crippen molar-refractivity contribution in [3.05, 3.63) is 64.7 Å². The molecule has 1 aliphatic heterocycles. The molecule has 1 atom stereocenters. The summed E-state index contributed by atoms with van der Waals surface area (Å²) in [6, 6.07) is 13.8. The van der Waals surface area contributed by atoms with Crippen molar-refractivity contribution in [3.8, 4) is 0 Å². The van der Waals surface area contributed by atoms with Crippen molar-refractivity contribution in [1.29, 1.82) is 0 Å². The number of halogens is 1. The summed E-state index contributed by atoms with van der Waals surface area (Å²) in [4.78, 5) is 43.1. The summed E-state index contributed by atoms with van der Waals surface area (Å²) in [6.07, 6.45) is 0.0821. The Labute approximate surface area is 189 Å². The number of ether oxygens (including phenoxy) is 1. The van der Waals surface area contributed by atoms with Gasteiger partial charge < -0.3 is 10.1 Å². The standard InChI is InChI=1S/C22H22ClN3O4S/c1-3-30-21(29)15-6-10-17(11-7-15)25-22-26(13-14-4-8-16(23)9-5-14)19(27)12-18(31-22)20(28)24-2/h4-11,18H,3,12-13H2,1-2H3,(H,24,28)/t18-/m0/s1. The highest BCUT2D eigenvalue weighted by Crippen LogP contribution is 2.30. The zero-order chi connectivity index (χ0) is 22.4. The van der Waals surface area contributed by atoms with Gasteiger partial charge in [0.2, 0.25) is 11.8 Å². The Balaban J connectivity index is 1.89. The first kappa shape index (κ1) is 22.8. The number of esters is 1. The Morgan fingerprint density at radius 1 is 1.19 bits per heavy atom. The maximum atomic E-state index is 12.9. The SMILES string of the molecule is CCOC(=O)c1ccc(N=C2S[C@H](C(=O)NC)CC(=O)N2Cc2ccc(Cl)cc2)cc1. The van der Waals surface area contributed by atoms with Crippen LogP contribution in [0.5, 0.6) is 0 Å². The van der Waals surface area contributed by atoms with Gasteiger partial charge in [0.05, 0.1) is 29.7 Å². The summed E-state index contributed by atoms with van der Waals surface area (Å²) < 4.78 is 4.99. The van der Waals surface area contributed by atoms with Crippen LogP contribution in [0.2, 0.25) is 5.02 Å². The molecule has 3 rings (SSSR count). The van der Waals surface area contributed by atoms with Crippen LogP contribution in [0.4, 0.5) is 5.69 Å². The molecule has 0 bridgehead atoms. The number of carbonyl (C=O) groups is 3. The summed E-state index contributed by atoms with van der Waals surface area (Å²) in [6.45, 7) is 2.35. The number of hydrogen-bond donors (Lipinski definition) is 1. The van der Waals surface area contributed by atoms with Crippen molar-refractivity contribution < 1.29 is 19.1 Å². The van der Waals surface area contributed by atoms with Crippen molar-refractivity contribution >= 4 is 52.0 Å². The predicted octanol–water partition coefficient (Wildman–Crippen LogP) is 3.78. The quantitative estimate of drug-likeness (QED) is 0.664. The summed E-state index contributed by atoms with van der Waals surface area (Å²) in [7, 11) is 1.54. The molecule has 0 aliphatic carbocycles. The number of amidine groups is 1. The third-order valence-corrected chi connectivity index (χ3v) is 5.98. The van der Waals surface area contributed by atoms with E-state index in [1.165, 1.54) is 11.8 Å². The van der Waals surface area contributed by atoms with E-state index in [0.29, 0.717) is 34.6 Å². The molecule has 9 heteroatoms. The van der Waals surface area contributed by atoms with E-state index in [9.17, 15) is 14.4 Å². The van der Waals surface area contributed by atoms with Crippen molar-refractivity contribution in [2.24, 2.45) is 4.99 Å². The van der Waals surface area contributed by atoms with E-state index in [2.05, 4.69) is 10.3 Å². The van der Waals surface area contributed by atoms with Gasteiger partial charge >= 0.3 is 5.97 Å². The lowest BCUT2D eigenvalue weighted by Crippen LogP contribution is -2.45. The maximum Gasteiger partial charge on any atom is 0.338 e. The third kappa shape index (κ3) is 5.86. The van der Waals surface area contributed by atoms with Gasteiger partial charge in [0.1, 0.15) is 0 Å². The number of thioether (sulfide) groups is 1. The van der Waals surface area contributed by atoms with Crippen LogP contribution in [-0.4, -0.2) is 46.8 Å². The molecule has 0 unspecified atom stereocenters. The lowest BCUT2D eigenvalue weighted by Gasteiger charge is -2.31. The fourth-order valence-corrected chi connectivity index (χ4v) is 4.21. The zero-order valence-electron chi connectivity index (χ0n) is 17.1. The fourth-order valence-electron chi connectivity index (χ4n) is 2.93. The second kappa shape index (κ2) is 10.5. The van der Waals surface area contributed by atoms with E-state index in [1.54, 1.807) is 55.3 Å². The monoisotopic (exact) mass is 459 g/mol. The number of carbonyl (C=O) groups excluding carboxylic acids is 3. The van der Waals surface area contributed by atoms with Gasteiger partial charge in [-0.25, -0.2) is 9.79 Å². The van der Waals surface area contributed by atoms with E-state index in [1.807, 2.05) is 12.1 Å². The zero-order valence-corrected chi connectivity index (χ0v) is 18.7. The minimum atomic E-state index is -0.559. The Hall–Kier alpha value is -2.84. The van der Waals surface area contributed by atoms with Gasteiger partial charge in [0.25, 0.3) is 0 Å². The first-order valence-corrected chi connectivity index (χ1v) is 11.0. The van der Waals surface area contributed by atoms with Gasteiger partial charge in [-0.2, -0.15) is 0 Å². The molecule has 1 N–H and O–H groups in total. The molecule has 0 spiro atoms. The first-order valence-electron chi connectivity index (χ1n) is 9.70.